The molecule has 0 aliphatic carbocycles. The quantitative estimate of drug-likeness (QED) is 0.262. The van der Waals surface area contributed by atoms with Crippen molar-refractivity contribution in [3.8, 4) is 5.75 Å². The molecule has 156 valence electrons. The van der Waals surface area contributed by atoms with Crippen LogP contribution in [0.15, 0.2) is 24.3 Å². The van der Waals surface area contributed by atoms with Gasteiger partial charge in [0, 0.05) is 40.0 Å². The molecule has 7 nitrogen and oxygen atoms in total. The van der Waals surface area contributed by atoms with Crippen LogP contribution in [0.2, 0.25) is 0 Å². The van der Waals surface area contributed by atoms with E-state index in [0.29, 0.717) is 38.9 Å². The highest BCUT2D eigenvalue weighted by atomic mass is 32.5. The van der Waals surface area contributed by atoms with Crippen LogP contribution in [0.4, 0.5) is 0 Å². The molecule has 0 amide bonds. The van der Waals surface area contributed by atoms with Gasteiger partial charge < -0.3 is 28.0 Å². The molecule has 1 aromatic carbocycles. The summed E-state index contributed by atoms with van der Waals surface area (Å²) in [6.07, 6.45) is -0.383. The minimum absolute atomic E-state index is 0.323. The first kappa shape index (κ1) is 24.5. The van der Waals surface area contributed by atoms with E-state index in [1.165, 1.54) is 0 Å². The average molecular weight is 421 g/mol. The second kappa shape index (κ2) is 13.6. The van der Waals surface area contributed by atoms with Crippen molar-refractivity contribution in [3.05, 3.63) is 29.8 Å². The van der Waals surface area contributed by atoms with Crippen LogP contribution < -0.4 is 9.82 Å². The summed E-state index contributed by atoms with van der Waals surface area (Å²) in [6.45, 7) is 4.29. The van der Waals surface area contributed by atoms with E-state index in [9.17, 15) is 0 Å². The van der Waals surface area contributed by atoms with Crippen molar-refractivity contribution in [2.75, 3.05) is 54.3 Å². The van der Waals surface area contributed by atoms with Crippen LogP contribution in [0, 0.1) is 5.92 Å². The maximum atomic E-state index is 5.74. The first-order chi connectivity index (χ1) is 13.0. The van der Waals surface area contributed by atoms with Gasteiger partial charge in [-0.15, -0.1) is 0 Å². The molecule has 0 aromatic heterocycles. The Bertz CT molecular complexity index is 555. The lowest BCUT2D eigenvalue weighted by atomic mass is 10.2. The van der Waals surface area contributed by atoms with E-state index < -0.39 is 6.64 Å². The van der Waals surface area contributed by atoms with Crippen molar-refractivity contribution < 1.29 is 28.0 Å². The Kier molecular flexibility index (Phi) is 12.3. The number of ether oxygens (including phenoxy) is 4. The normalized spacial score (nSPS) is 14.9. The zero-order valence-corrected chi connectivity index (χ0v) is 18.5. The molecule has 1 N–H and O–H groups in total. The van der Waals surface area contributed by atoms with E-state index in [4.69, 9.17) is 39.8 Å². The lowest BCUT2D eigenvalue weighted by Crippen LogP contribution is -2.24. The van der Waals surface area contributed by atoms with Crippen LogP contribution >= 0.6 is 6.64 Å². The molecular formula is C18H32NO6PS. The van der Waals surface area contributed by atoms with Crippen LogP contribution in [0.3, 0.4) is 0 Å². The van der Waals surface area contributed by atoms with E-state index >= 15 is 0 Å². The summed E-state index contributed by atoms with van der Waals surface area (Å²) in [5, 5.41) is 3.20. The molecule has 0 bridgehead atoms. The van der Waals surface area contributed by atoms with E-state index in [0.717, 1.165) is 11.3 Å². The molecule has 0 aliphatic rings. The van der Waals surface area contributed by atoms with Gasteiger partial charge in [0.15, 0.2) is 6.29 Å². The van der Waals surface area contributed by atoms with Crippen LogP contribution in [-0.4, -0.2) is 54.3 Å². The Hall–Kier alpha value is -0.570. The van der Waals surface area contributed by atoms with Crippen molar-refractivity contribution in [1.82, 2.24) is 5.09 Å². The second-order valence-electron chi connectivity index (χ2n) is 5.86. The highest BCUT2D eigenvalue weighted by molar-refractivity contribution is 8.08. The molecule has 0 heterocycles. The zero-order chi connectivity index (χ0) is 20.1. The summed E-state index contributed by atoms with van der Waals surface area (Å²) in [5.74, 6) is 1.06. The van der Waals surface area contributed by atoms with E-state index in [-0.39, 0.29) is 6.29 Å². The molecular weight excluding hydrogens is 389 g/mol. The van der Waals surface area contributed by atoms with Crippen LogP contribution in [0.1, 0.15) is 25.7 Å². The molecule has 0 fully saturated rings. The van der Waals surface area contributed by atoms with E-state index in [2.05, 4.69) is 12.0 Å². The summed E-state index contributed by atoms with van der Waals surface area (Å²) >= 11 is 5.47. The van der Waals surface area contributed by atoms with Gasteiger partial charge in [-0.1, -0.05) is 19.1 Å². The topological polar surface area (TPSA) is 67.4 Å². The van der Waals surface area contributed by atoms with Gasteiger partial charge in [-0.3, -0.25) is 0 Å². The van der Waals surface area contributed by atoms with Crippen molar-refractivity contribution in [3.63, 3.8) is 0 Å². The SMILES string of the molecule is CCOCC(C)CNP(=S)(OC)OCCOc1ccc(C(OC)OC)cc1. The molecule has 2 unspecified atom stereocenters. The maximum Gasteiger partial charge on any atom is 0.261 e. The average Bonchev–Trinajstić information content (AvgIpc) is 2.70. The predicted octanol–water partition coefficient (Wildman–Crippen LogP) is 3.51. The third kappa shape index (κ3) is 9.45. The Balaban J connectivity index is 2.36. The van der Waals surface area contributed by atoms with Gasteiger partial charge in [-0.05, 0) is 36.8 Å². The molecule has 1 rings (SSSR count). The Morgan fingerprint density at radius 3 is 2.30 bits per heavy atom. The van der Waals surface area contributed by atoms with Crippen LogP contribution in [-0.2, 0) is 35.1 Å². The molecule has 2 atom stereocenters. The monoisotopic (exact) mass is 421 g/mol. The summed E-state index contributed by atoms with van der Waals surface area (Å²) < 4.78 is 32.6. The van der Waals surface area contributed by atoms with Gasteiger partial charge in [-0.25, -0.2) is 5.09 Å². The molecule has 9 heteroatoms. The van der Waals surface area contributed by atoms with Gasteiger partial charge in [0.2, 0.25) is 0 Å². The van der Waals surface area contributed by atoms with Crippen LogP contribution in [0.5, 0.6) is 5.75 Å². The number of rotatable bonds is 15. The van der Waals surface area contributed by atoms with Gasteiger partial charge in [0.25, 0.3) is 6.64 Å². The fourth-order valence-corrected chi connectivity index (χ4v) is 3.84. The Labute approximate surface area is 167 Å². The zero-order valence-electron chi connectivity index (χ0n) is 16.8. The number of hydrogen-bond acceptors (Lipinski definition) is 7. The van der Waals surface area contributed by atoms with Gasteiger partial charge >= 0.3 is 0 Å². The third-order valence-electron chi connectivity index (χ3n) is 3.67. The van der Waals surface area contributed by atoms with Crippen molar-refractivity contribution >= 4 is 18.4 Å². The fourth-order valence-electron chi connectivity index (χ4n) is 2.22. The maximum absolute atomic E-state index is 5.74. The number of hydrogen-bond donors (Lipinski definition) is 1. The third-order valence-corrected chi connectivity index (χ3v) is 6.40. The number of methoxy groups -OCH3 is 2. The number of nitrogens with one attached hydrogen (secondary N) is 1. The second-order valence-corrected chi connectivity index (χ2v) is 9.24. The van der Waals surface area contributed by atoms with E-state index in [1.807, 2.05) is 31.2 Å². The Morgan fingerprint density at radius 1 is 1.07 bits per heavy atom. The summed E-state index contributed by atoms with van der Waals surface area (Å²) in [6, 6.07) is 7.52. The molecule has 0 aliphatic heterocycles. The van der Waals surface area contributed by atoms with Gasteiger partial charge in [-0.2, -0.15) is 0 Å². The molecule has 0 radical (unpaired) electrons. The lowest BCUT2D eigenvalue weighted by molar-refractivity contribution is -0.106. The minimum Gasteiger partial charge on any atom is -0.491 e. The van der Waals surface area contributed by atoms with Gasteiger partial charge in [0.1, 0.15) is 12.4 Å². The van der Waals surface area contributed by atoms with Gasteiger partial charge in [0.05, 0.1) is 13.2 Å². The van der Waals surface area contributed by atoms with Crippen molar-refractivity contribution in [2.24, 2.45) is 5.92 Å². The predicted molar refractivity (Wildman–Crippen MR) is 110 cm³/mol. The highest BCUT2D eigenvalue weighted by Crippen LogP contribution is 2.42. The lowest BCUT2D eigenvalue weighted by Gasteiger charge is -2.23. The first-order valence-corrected chi connectivity index (χ1v) is 11.5. The smallest absolute Gasteiger partial charge is 0.261 e. The standard InChI is InChI=1S/C18H32NO6PS/c1-6-23-14-15(2)13-19-26(27,22-5)25-12-11-24-17-9-7-16(8-10-17)18(20-3)21-4/h7-10,15,18H,6,11-14H2,1-5H3,(H,19,27). The minimum atomic E-state index is -2.52. The summed E-state index contributed by atoms with van der Waals surface area (Å²) in [4.78, 5) is 0. The highest BCUT2D eigenvalue weighted by Gasteiger charge is 2.18. The van der Waals surface area contributed by atoms with Crippen molar-refractivity contribution in [1.29, 1.82) is 0 Å². The molecule has 27 heavy (non-hydrogen) atoms. The first-order valence-electron chi connectivity index (χ1n) is 8.89. The van der Waals surface area contributed by atoms with Crippen LogP contribution in [0.25, 0.3) is 0 Å². The van der Waals surface area contributed by atoms with Crippen molar-refractivity contribution in [2.45, 2.75) is 20.1 Å². The molecule has 0 spiro atoms. The molecule has 0 saturated heterocycles. The summed E-state index contributed by atoms with van der Waals surface area (Å²) in [5.41, 5.74) is 0.920. The molecule has 1 aromatic rings. The largest absolute Gasteiger partial charge is 0.491 e. The Morgan fingerprint density at radius 2 is 1.74 bits per heavy atom. The van der Waals surface area contributed by atoms with E-state index in [1.54, 1.807) is 21.3 Å². The fraction of sp³-hybridized carbons (Fsp3) is 0.667. The molecule has 0 saturated carbocycles. The number of benzene rings is 1. The summed E-state index contributed by atoms with van der Waals surface area (Å²) in [7, 11) is 4.76.